The highest BCUT2D eigenvalue weighted by atomic mass is 32.2. The molecule has 0 amide bonds. The number of hydrogen-bond acceptors (Lipinski definition) is 10. The number of rotatable bonds is 6. The normalized spacial score (nSPS) is 30.2. The third-order valence-electron chi connectivity index (χ3n) is 10.0. The molecular formula is C29H42N6O4S. The summed E-state index contributed by atoms with van der Waals surface area (Å²) in [4.78, 5) is 26.8. The minimum absolute atomic E-state index is 0.0475. The maximum absolute atomic E-state index is 14.5. The van der Waals surface area contributed by atoms with Crippen LogP contribution < -0.4 is 0 Å². The van der Waals surface area contributed by atoms with Crippen molar-refractivity contribution in [3.8, 4) is 0 Å². The molecule has 0 aromatic carbocycles. The van der Waals surface area contributed by atoms with Gasteiger partial charge in [-0.05, 0) is 71.7 Å². The maximum atomic E-state index is 14.5. The van der Waals surface area contributed by atoms with Gasteiger partial charge in [-0.1, -0.05) is 24.9 Å². The number of ether oxygens (including phenoxy) is 2. The van der Waals surface area contributed by atoms with Crippen LogP contribution in [0.2, 0.25) is 0 Å². The number of nitrogens with zero attached hydrogens (tertiary/aromatic N) is 6. The first-order valence-electron chi connectivity index (χ1n) is 15.0. The maximum Gasteiger partial charge on any atom is 0.181 e. The fraction of sp³-hybridized carbons (Fsp3) is 0.759. The summed E-state index contributed by atoms with van der Waals surface area (Å²) in [6, 6.07) is 0.476. The molecule has 2 aromatic rings. The summed E-state index contributed by atoms with van der Waals surface area (Å²) in [5.74, 6) is -1.13. The van der Waals surface area contributed by atoms with Gasteiger partial charge in [-0.3, -0.25) is 4.79 Å². The van der Waals surface area contributed by atoms with Gasteiger partial charge in [-0.15, -0.1) is 11.8 Å². The fourth-order valence-corrected chi connectivity index (χ4v) is 8.61. The molecule has 6 rings (SSSR count). The highest BCUT2D eigenvalue weighted by Crippen LogP contribution is 2.56. The first kappa shape index (κ1) is 28.1. The van der Waals surface area contributed by atoms with Gasteiger partial charge in [0, 0.05) is 12.5 Å². The van der Waals surface area contributed by atoms with Gasteiger partial charge >= 0.3 is 0 Å². The Morgan fingerprint density at radius 2 is 1.90 bits per heavy atom. The van der Waals surface area contributed by atoms with E-state index in [0.29, 0.717) is 31.5 Å². The Balaban J connectivity index is 1.43. The molecule has 2 saturated carbocycles. The molecule has 40 heavy (non-hydrogen) atoms. The minimum atomic E-state index is -0.867. The predicted molar refractivity (Wildman–Crippen MR) is 153 cm³/mol. The molecule has 2 aliphatic heterocycles. The van der Waals surface area contributed by atoms with Crippen molar-refractivity contribution in [1.29, 1.82) is 0 Å². The van der Waals surface area contributed by atoms with Crippen molar-refractivity contribution in [2.75, 3.05) is 33.1 Å². The second-order valence-corrected chi connectivity index (χ2v) is 12.8. The summed E-state index contributed by atoms with van der Waals surface area (Å²) in [7, 11) is 2.17. The molecule has 0 radical (unpaired) electrons. The number of thioether (sulfide) groups is 1. The van der Waals surface area contributed by atoms with Crippen molar-refractivity contribution < 1.29 is 19.5 Å². The lowest BCUT2D eigenvalue weighted by Crippen LogP contribution is -2.60. The van der Waals surface area contributed by atoms with E-state index in [1.165, 1.54) is 18.2 Å². The van der Waals surface area contributed by atoms with Crippen molar-refractivity contribution >= 4 is 34.3 Å². The fourth-order valence-electron chi connectivity index (χ4n) is 8.02. The Morgan fingerprint density at radius 3 is 2.58 bits per heavy atom. The lowest BCUT2D eigenvalue weighted by atomic mass is 9.57. The monoisotopic (exact) mass is 570 g/mol. The zero-order valence-corrected chi connectivity index (χ0v) is 25.0. The molecule has 218 valence electrons. The average molecular weight is 571 g/mol. The highest BCUT2D eigenvalue weighted by Gasteiger charge is 2.63. The van der Waals surface area contributed by atoms with Crippen molar-refractivity contribution in [2.45, 2.75) is 101 Å². The Kier molecular flexibility index (Phi) is 7.69. The van der Waals surface area contributed by atoms with Crippen LogP contribution in [0.25, 0.3) is 11.0 Å². The molecule has 4 heterocycles. The van der Waals surface area contributed by atoms with E-state index in [-0.39, 0.29) is 17.5 Å². The molecule has 4 aliphatic rings. The predicted octanol–water partition coefficient (Wildman–Crippen LogP) is 4.62. The topological polar surface area (TPSA) is 115 Å². The standard InChI is InChI=1S/C29H42N6O4S/c1-5-20-22-26(35(32-20)18(2)21-11-9-15-34(21)3)30-25(31-27(22)40-4)23(33-37)19-10-8-13-28(24(19)36)12-6-7-14-29(28)38-16-17-39-29/h18-19,21,37H,5-17H2,1-4H3/b33-23-/t18-,19?,21-,28-/m0/s1. The summed E-state index contributed by atoms with van der Waals surface area (Å²) >= 11 is 1.54. The number of carbonyl (C=O) groups is 1. The van der Waals surface area contributed by atoms with Gasteiger partial charge < -0.3 is 19.6 Å². The SMILES string of the molecule is CCc1nn([C@@H](C)[C@@H]2CCCN2C)c2nc(/C(=N\O)C3CCC[C@@]4(CCCCC45OCCO5)C3=O)nc(SC)c12. The highest BCUT2D eigenvalue weighted by molar-refractivity contribution is 7.98. The largest absolute Gasteiger partial charge is 0.411 e. The number of ketones is 1. The molecule has 2 saturated heterocycles. The minimum Gasteiger partial charge on any atom is -0.411 e. The van der Waals surface area contributed by atoms with Crippen LogP contribution in [0.4, 0.5) is 0 Å². The number of hydrogen-bond donors (Lipinski definition) is 1. The number of carbonyl (C=O) groups excluding carboxylic acids is 1. The van der Waals surface area contributed by atoms with E-state index in [1.54, 1.807) is 0 Å². The van der Waals surface area contributed by atoms with Gasteiger partial charge in [0.05, 0.1) is 41.7 Å². The van der Waals surface area contributed by atoms with Crippen LogP contribution in [-0.4, -0.2) is 86.2 Å². The summed E-state index contributed by atoms with van der Waals surface area (Å²) in [6.45, 7) is 6.40. The molecule has 4 fully saturated rings. The van der Waals surface area contributed by atoms with E-state index in [9.17, 15) is 10.0 Å². The van der Waals surface area contributed by atoms with Crippen molar-refractivity contribution in [3.05, 3.63) is 11.5 Å². The van der Waals surface area contributed by atoms with Crippen LogP contribution in [0.15, 0.2) is 10.2 Å². The smallest absolute Gasteiger partial charge is 0.181 e. The van der Waals surface area contributed by atoms with E-state index in [4.69, 9.17) is 24.5 Å². The van der Waals surface area contributed by atoms with Gasteiger partial charge in [0.25, 0.3) is 0 Å². The zero-order valence-electron chi connectivity index (χ0n) is 24.2. The average Bonchev–Trinajstić information content (AvgIpc) is 3.71. The van der Waals surface area contributed by atoms with Crippen molar-refractivity contribution in [3.63, 3.8) is 0 Å². The van der Waals surface area contributed by atoms with E-state index in [1.807, 2.05) is 10.9 Å². The number of likely N-dealkylation sites (N-methyl/N-ethyl adjacent to an activating group) is 1. The van der Waals surface area contributed by atoms with Gasteiger partial charge in [0.15, 0.2) is 23.0 Å². The number of aromatic nitrogens is 4. The van der Waals surface area contributed by atoms with Crippen molar-refractivity contribution in [1.82, 2.24) is 24.6 Å². The molecule has 1 N–H and O–H groups in total. The molecule has 4 atom stereocenters. The van der Waals surface area contributed by atoms with Gasteiger partial charge in [0.1, 0.15) is 10.7 Å². The third kappa shape index (κ3) is 4.22. The summed E-state index contributed by atoms with van der Waals surface area (Å²) in [6.07, 6.45) is 10.6. The molecule has 2 aliphatic carbocycles. The van der Waals surface area contributed by atoms with E-state index in [2.05, 4.69) is 31.0 Å². The van der Waals surface area contributed by atoms with E-state index < -0.39 is 17.1 Å². The van der Waals surface area contributed by atoms with E-state index in [0.717, 1.165) is 79.7 Å². The molecular weight excluding hydrogens is 528 g/mol. The number of fused-ring (bicyclic) bond motifs is 2. The first-order valence-corrected chi connectivity index (χ1v) is 16.2. The Morgan fingerprint density at radius 1 is 1.15 bits per heavy atom. The second kappa shape index (κ2) is 11.0. The lowest BCUT2D eigenvalue weighted by molar-refractivity contribution is -0.255. The molecule has 10 nitrogen and oxygen atoms in total. The van der Waals surface area contributed by atoms with Crippen molar-refractivity contribution in [2.24, 2.45) is 16.5 Å². The van der Waals surface area contributed by atoms with Gasteiger partial charge in [0.2, 0.25) is 0 Å². The van der Waals surface area contributed by atoms with Crippen LogP contribution in [0.3, 0.4) is 0 Å². The summed E-state index contributed by atoms with van der Waals surface area (Å²) in [5, 5.41) is 21.0. The first-order chi connectivity index (χ1) is 19.4. The van der Waals surface area contributed by atoms with Crippen LogP contribution in [0, 0.1) is 11.3 Å². The van der Waals surface area contributed by atoms with Crippen LogP contribution in [-0.2, 0) is 20.7 Å². The van der Waals surface area contributed by atoms with Crippen LogP contribution in [0.1, 0.15) is 89.2 Å². The second-order valence-electron chi connectivity index (χ2n) is 12.0. The summed E-state index contributed by atoms with van der Waals surface area (Å²) < 4.78 is 14.5. The Labute approximate surface area is 240 Å². The van der Waals surface area contributed by atoms with Gasteiger partial charge in [-0.2, -0.15) is 5.10 Å². The summed E-state index contributed by atoms with van der Waals surface area (Å²) in [5.41, 5.74) is 1.23. The van der Waals surface area contributed by atoms with E-state index >= 15 is 0 Å². The molecule has 1 unspecified atom stereocenters. The molecule has 11 heteroatoms. The zero-order chi connectivity index (χ0) is 28.1. The number of aryl methyl sites for hydroxylation is 1. The Bertz CT molecular complexity index is 1300. The molecule has 2 aromatic heterocycles. The lowest BCUT2D eigenvalue weighted by Gasteiger charge is -2.52. The Hall–Kier alpha value is -2.08. The van der Waals surface area contributed by atoms with Gasteiger partial charge in [-0.25, -0.2) is 14.6 Å². The third-order valence-corrected chi connectivity index (χ3v) is 10.7. The molecule has 0 bridgehead atoms. The number of likely N-dealkylation sites (tertiary alicyclic amines) is 1. The van der Waals surface area contributed by atoms with Crippen LogP contribution in [0.5, 0.6) is 0 Å². The quantitative estimate of drug-likeness (QED) is 0.175. The van der Waals surface area contributed by atoms with Crippen LogP contribution >= 0.6 is 11.8 Å². The number of oxime groups is 1. The number of Topliss-reactive ketones (excluding diaryl/α,β-unsaturated/α-hetero) is 1. The molecule has 2 spiro atoms.